The average molecular weight is 325 g/mol. The summed E-state index contributed by atoms with van der Waals surface area (Å²) in [5.41, 5.74) is 0.413. The lowest BCUT2D eigenvalue weighted by Crippen LogP contribution is -2.04. The maximum absolute atomic E-state index is 12.4. The largest absolute Gasteiger partial charge is 0.382 e. The van der Waals surface area contributed by atoms with Crippen LogP contribution in [0, 0.1) is 6.92 Å². The van der Waals surface area contributed by atoms with E-state index in [1.54, 1.807) is 6.92 Å². The molecule has 0 aromatic carbocycles. The lowest BCUT2D eigenvalue weighted by molar-refractivity contribution is -0.112. The number of aromatic nitrogens is 1. The molecule has 1 rings (SSSR count). The first kappa shape index (κ1) is 18.6. The first-order chi connectivity index (χ1) is 10.6. The third kappa shape index (κ3) is 6.58. The van der Waals surface area contributed by atoms with Crippen LogP contribution in [0.5, 0.6) is 0 Å². The quantitative estimate of drug-likeness (QED) is 0.352. The molecule has 0 aliphatic heterocycles. The van der Waals surface area contributed by atoms with Gasteiger partial charge in [0.15, 0.2) is 5.78 Å². The van der Waals surface area contributed by atoms with Crippen molar-refractivity contribution in [3.8, 4) is 0 Å². The van der Waals surface area contributed by atoms with Crippen LogP contribution >= 0.6 is 11.8 Å². The first-order valence-corrected chi connectivity index (χ1v) is 8.43. The van der Waals surface area contributed by atoms with Crippen LogP contribution in [-0.4, -0.2) is 35.7 Å². The molecule has 0 aliphatic rings. The summed E-state index contributed by atoms with van der Waals surface area (Å²) in [5, 5.41) is 3.61. The molecule has 0 unspecified atom stereocenters. The summed E-state index contributed by atoms with van der Waals surface area (Å²) in [5.74, 6) is 0.924. The van der Waals surface area contributed by atoms with Gasteiger partial charge in [-0.3, -0.25) is 9.59 Å². The van der Waals surface area contributed by atoms with Crippen LogP contribution in [0.1, 0.15) is 49.2 Å². The molecule has 5 nitrogen and oxygen atoms in total. The Kier molecular flexibility index (Phi) is 8.77. The van der Waals surface area contributed by atoms with Gasteiger partial charge in [-0.2, -0.15) is 0 Å². The molecule has 1 aromatic rings. The Labute approximate surface area is 135 Å². The summed E-state index contributed by atoms with van der Waals surface area (Å²) < 4.78 is 10.2. The minimum atomic E-state index is -0.201. The number of Topliss-reactive ketones (excluding diaryl/α,β-unsaturated/α-hetero) is 1. The molecule has 0 atom stereocenters. The summed E-state index contributed by atoms with van der Waals surface area (Å²) in [6.07, 6.45) is 5.82. The molecule has 0 amide bonds. The first-order valence-electron chi connectivity index (χ1n) is 7.45. The van der Waals surface area contributed by atoms with Crippen molar-refractivity contribution in [2.45, 2.75) is 40.0 Å². The van der Waals surface area contributed by atoms with Gasteiger partial charge >= 0.3 is 0 Å². The molecule has 22 heavy (non-hydrogen) atoms. The molecule has 0 saturated heterocycles. The van der Waals surface area contributed by atoms with Crippen LogP contribution in [0.3, 0.4) is 0 Å². The highest BCUT2D eigenvalue weighted by atomic mass is 32.2. The summed E-state index contributed by atoms with van der Waals surface area (Å²) in [6.45, 7) is 6.62. The average Bonchev–Trinajstić information content (AvgIpc) is 2.90. The Morgan fingerprint density at radius 2 is 2.14 bits per heavy atom. The minimum absolute atomic E-state index is 0.138. The lowest BCUT2D eigenvalue weighted by Gasteiger charge is -2.05. The summed E-state index contributed by atoms with van der Waals surface area (Å²) in [6, 6.07) is 0. The molecule has 6 heteroatoms. The van der Waals surface area contributed by atoms with Gasteiger partial charge in [0.1, 0.15) is 5.76 Å². The van der Waals surface area contributed by atoms with Gasteiger partial charge in [-0.15, -0.1) is 11.8 Å². The fourth-order valence-corrected chi connectivity index (χ4v) is 2.87. The van der Waals surface area contributed by atoms with Gasteiger partial charge in [-0.1, -0.05) is 11.6 Å². The molecule has 1 heterocycles. The molecular weight excluding hydrogens is 302 g/mol. The number of ketones is 2. The number of hydrogen-bond donors (Lipinski definition) is 0. The van der Waals surface area contributed by atoms with Gasteiger partial charge in [0.05, 0.1) is 16.7 Å². The number of rotatable bonds is 11. The fraction of sp³-hybridized carbons (Fsp3) is 0.562. The number of allylic oxidation sites excluding steroid dienone is 2. The number of carbonyl (C=O) groups excluding carboxylic acids is 2. The van der Waals surface area contributed by atoms with E-state index in [-0.39, 0.29) is 11.6 Å². The number of aryl methyl sites for hydroxylation is 1. The van der Waals surface area contributed by atoms with Crippen molar-refractivity contribution in [1.29, 1.82) is 0 Å². The maximum Gasteiger partial charge on any atom is 0.204 e. The Morgan fingerprint density at radius 3 is 2.73 bits per heavy atom. The van der Waals surface area contributed by atoms with Crippen LogP contribution in [-0.2, 0) is 9.53 Å². The summed E-state index contributed by atoms with van der Waals surface area (Å²) in [7, 11) is 0. The van der Waals surface area contributed by atoms with E-state index in [0.29, 0.717) is 16.2 Å². The van der Waals surface area contributed by atoms with Gasteiger partial charge in [0.25, 0.3) is 0 Å². The zero-order chi connectivity index (χ0) is 16.4. The second-order valence-corrected chi connectivity index (χ2v) is 5.99. The van der Waals surface area contributed by atoms with E-state index in [1.165, 1.54) is 31.0 Å². The van der Waals surface area contributed by atoms with Gasteiger partial charge in [0, 0.05) is 13.2 Å². The number of nitrogens with zero attached hydrogens (tertiary/aromatic N) is 1. The second kappa shape index (κ2) is 10.3. The number of unbranched alkanes of at least 4 members (excludes halogenated alkanes) is 2. The lowest BCUT2D eigenvalue weighted by atomic mass is 10.1. The molecule has 0 bridgehead atoms. The van der Waals surface area contributed by atoms with E-state index < -0.39 is 0 Å². The molecule has 122 valence electrons. The normalized spacial score (nSPS) is 11.7. The van der Waals surface area contributed by atoms with Crippen molar-refractivity contribution < 1.29 is 18.8 Å². The van der Waals surface area contributed by atoms with Crippen molar-refractivity contribution in [2.24, 2.45) is 0 Å². The molecule has 0 radical (unpaired) electrons. The number of thioether (sulfide) groups is 1. The molecule has 0 N–H and O–H groups in total. The number of hydrogen-bond acceptors (Lipinski definition) is 6. The standard InChI is InChI=1S/C16H23NO4S/c1-4-20-8-6-5-7-9-22-15(10-12(2)18)16(19)14-11-17-21-13(14)3/h10-11H,4-9H2,1-3H3/b15-10+. The van der Waals surface area contributed by atoms with Crippen LogP contribution in [0.2, 0.25) is 0 Å². The third-order valence-corrected chi connectivity index (χ3v) is 4.06. The molecule has 1 aromatic heterocycles. The van der Waals surface area contributed by atoms with E-state index in [9.17, 15) is 9.59 Å². The van der Waals surface area contributed by atoms with E-state index >= 15 is 0 Å². The maximum atomic E-state index is 12.4. The fourth-order valence-electron chi connectivity index (χ4n) is 1.82. The van der Waals surface area contributed by atoms with Crippen molar-refractivity contribution in [3.05, 3.63) is 28.5 Å². The minimum Gasteiger partial charge on any atom is -0.382 e. The zero-order valence-electron chi connectivity index (χ0n) is 13.4. The predicted molar refractivity (Wildman–Crippen MR) is 87.1 cm³/mol. The van der Waals surface area contributed by atoms with E-state index in [0.717, 1.165) is 38.2 Å². The second-order valence-electron chi connectivity index (χ2n) is 4.85. The van der Waals surface area contributed by atoms with Crippen LogP contribution in [0.25, 0.3) is 0 Å². The van der Waals surface area contributed by atoms with Crippen molar-refractivity contribution in [2.75, 3.05) is 19.0 Å². The highest BCUT2D eigenvalue weighted by Crippen LogP contribution is 2.24. The highest BCUT2D eigenvalue weighted by molar-refractivity contribution is 8.04. The van der Waals surface area contributed by atoms with Crippen LogP contribution in [0.15, 0.2) is 21.7 Å². The molecular formula is C16H23NO4S. The Morgan fingerprint density at radius 1 is 1.36 bits per heavy atom. The Hall–Kier alpha value is -1.40. The van der Waals surface area contributed by atoms with E-state index in [4.69, 9.17) is 9.26 Å². The number of carbonyl (C=O) groups is 2. The van der Waals surface area contributed by atoms with Gasteiger partial charge in [-0.25, -0.2) is 0 Å². The molecule has 0 spiro atoms. The Balaban J connectivity index is 2.51. The van der Waals surface area contributed by atoms with Crippen molar-refractivity contribution in [3.63, 3.8) is 0 Å². The smallest absolute Gasteiger partial charge is 0.204 e. The van der Waals surface area contributed by atoms with Crippen LogP contribution in [0.4, 0.5) is 0 Å². The van der Waals surface area contributed by atoms with E-state index in [2.05, 4.69) is 5.16 Å². The predicted octanol–water partition coefficient (Wildman–Crippen LogP) is 3.58. The topological polar surface area (TPSA) is 69.4 Å². The SMILES string of the molecule is CCOCCCCCS/C(=C/C(C)=O)C(=O)c1cnoc1C. The monoisotopic (exact) mass is 325 g/mol. The van der Waals surface area contributed by atoms with Crippen molar-refractivity contribution >= 4 is 23.3 Å². The number of ether oxygens (including phenoxy) is 1. The van der Waals surface area contributed by atoms with Crippen molar-refractivity contribution in [1.82, 2.24) is 5.16 Å². The van der Waals surface area contributed by atoms with Crippen LogP contribution < -0.4 is 0 Å². The van der Waals surface area contributed by atoms with Gasteiger partial charge in [-0.05, 0) is 45.4 Å². The van der Waals surface area contributed by atoms with E-state index in [1.807, 2.05) is 6.92 Å². The molecule has 0 fully saturated rings. The highest BCUT2D eigenvalue weighted by Gasteiger charge is 2.18. The summed E-state index contributed by atoms with van der Waals surface area (Å²) in [4.78, 5) is 24.2. The molecule has 0 aliphatic carbocycles. The molecule has 0 saturated carbocycles. The van der Waals surface area contributed by atoms with Gasteiger partial charge < -0.3 is 9.26 Å². The van der Waals surface area contributed by atoms with Gasteiger partial charge in [0.2, 0.25) is 5.78 Å². The third-order valence-electron chi connectivity index (χ3n) is 2.95. The zero-order valence-corrected chi connectivity index (χ0v) is 14.2. The summed E-state index contributed by atoms with van der Waals surface area (Å²) >= 11 is 1.41. The Bertz CT molecular complexity index is 522.